The number of carbonyl (C=O) groups excluding carboxylic acids is 1. The molecule has 108 valence electrons. The Morgan fingerprint density at radius 1 is 1.40 bits per heavy atom. The molecule has 7 heteroatoms. The Labute approximate surface area is 121 Å². The summed E-state index contributed by atoms with van der Waals surface area (Å²) in [6.45, 7) is 0. The number of non-ortho nitro benzene ring substituents is 1. The summed E-state index contributed by atoms with van der Waals surface area (Å²) >= 11 is 1.59. The first kappa shape index (κ1) is 14.8. The molecule has 0 spiro atoms. The van der Waals surface area contributed by atoms with E-state index in [0.717, 1.165) is 17.7 Å². The fourth-order valence-corrected chi connectivity index (χ4v) is 3.76. The van der Waals surface area contributed by atoms with Crippen molar-refractivity contribution in [3.05, 3.63) is 34.4 Å². The van der Waals surface area contributed by atoms with Crippen LogP contribution in [0.15, 0.2) is 29.2 Å². The van der Waals surface area contributed by atoms with Crippen molar-refractivity contribution < 1.29 is 9.72 Å². The molecule has 1 aliphatic rings. The fraction of sp³-hybridized carbons (Fsp3) is 0.462. The molecule has 1 aliphatic carbocycles. The zero-order valence-corrected chi connectivity index (χ0v) is 11.8. The molecule has 1 fully saturated rings. The third-order valence-corrected chi connectivity index (χ3v) is 4.86. The van der Waals surface area contributed by atoms with Crippen LogP contribution in [0.5, 0.6) is 0 Å². The van der Waals surface area contributed by atoms with Gasteiger partial charge in [-0.2, -0.15) is 0 Å². The van der Waals surface area contributed by atoms with E-state index in [1.807, 2.05) is 0 Å². The van der Waals surface area contributed by atoms with Crippen LogP contribution in [0.2, 0.25) is 0 Å². The molecule has 20 heavy (non-hydrogen) atoms. The van der Waals surface area contributed by atoms with Crippen molar-refractivity contribution in [1.82, 2.24) is 0 Å². The van der Waals surface area contributed by atoms with E-state index in [2.05, 4.69) is 0 Å². The van der Waals surface area contributed by atoms with Crippen LogP contribution in [0.4, 0.5) is 5.69 Å². The van der Waals surface area contributed by atoms with Crippen LogP contribution in [0.3, 0.4) is 0 Å². The van der Waals surface area contributed by atoms with Crippen LogP contribution in [0.25, 0.3) is 0 Å². The first-order chi connectivity index (χ1) is 9.40. The summed E-state index contributed by atoms with van der Waals surface area (Å²) in [6.07, 6.45) is 3.00. The van der Waals surface area contributed by atoms with Gasteiger partial charge in [-0.05, 0) is 37.8 Å². The summed E-state index contributed by atoms with van der Waals surface area (Å²) in [5.74, 6) is -0.452. The van der Waals surface area contributed by atoms with Crippen LogP contribution in [0, 0.1) is 10.1 Å². The topological polar surface area (TPSA) is 112 Å². The second-order valence-electron chi connectivity index (χ2n) is 5.11. The Hall–Kier alpha value is -1.60. The molecule has 1 aromatic rings. The number of nitro benzene ring substituents is 1. The minimum absolute atomic E-state index is 0.0725. The number of carbonyl (C=O) groups is 1. The van der Waals surface area contributed by atoms with Gasteiger partial charge in [-0.25, -0.2) is 0 Å². The van der Waals surface area contributed by atoms with Gasteiger partial charge in [0.1, 0.15) is 0 Å². The van der Waals surface area contributed by atoms with Crippen LogP contribution < -0.4 is 11.5 Å². The largest absolute Gasteiger partial charge is 0.368 e. The minimum atomic E-state index is -0.920. The molecule has 1 aromatic carbocycles. The van der Waals surface area contributed by atoms with Crippen molar-refractivity contribution >= 4 is 23.4 Å². The molecule has 0 radical (unpaired) electrons. The lowest BCUT2D eigenvalue weighted by atomic mass is 9.82. The van der Waals surface area contributed by atoms with Crippen molar-refractivity contribution in [1.29, 1.82) is 0 Å². The third kappa shape index (κ3) is 3.29. The van der Waals surface area contributed by atoms with Gasteiger partial charge in [0.05, 0.1) is 10.5 Å². The molecule has 0 aliphatic heterocycles. The maximum Gasteiger partial charge on any atom is 0.269 e. The third-order valence-electron chi connectivity index (χ3n) is 3.58. The molecule has 1 saturated carbocycles. The lowest BCUT2D eigenvalue weighted by molar-refractivity contribution is -0.384. The lowest BCUT2D eigenvalue weighted by Crippen LogP contribution is -2.55. The van der Waals surface area contributed by atoms with Crippen LogP contribution in [0.1, 0.15) is 25.7 Å². The number of amides is 1. The monoisotopic (exact) mass is 295 g/mol. The van der Waals surface area contributed by atoms with E-state index in [1.54, 1.807) is 23.9 Å². The fourth-order valence-electron chi connectivity index (χ4n) is 2.42. The van der Waals surface area contributed by atoms with Gasteiger partial charge < -0.3 is 11.5 Å². The lowest BCUT2D eigenvalue weighted by Gasteiger charge is -2.35. The Morgan fingerprint density at radius 2 is 2.05 bits per heavy atom. The number of nitrogens with two attached hydrogens (primary N) is 2. The number of hydrogen-bond acceptors (Lipinski definition) is 5. The highest BCUT2D eigenvalue weighted by atomic mass is 32.2. The van der Waals surface area contributed by atoms with E-state index < -0.39 is 16.4 Å². The molecule has 6 nitrogen and oxygen atoms in total. The van der Waals surface area contributed by atoms with E-state index in [4.69, 9.17) is 11.5 Å². The maximum absolute atomic E-state index is 11.4. The normalized spacial score (nSPS) is 26.1. The average molecular weight is 295 g/mol. The van der Waals surface area contributed by atoms with E-state index in [-0.39, 0.29) is 10.9 Å². The number of rotatable bonds is 4. The number of primary amides is 1. The second kappa shape index (κ2) is 5.80. The van der Waals surface area contributed by atoms with Gasteiger partial charge in [0.15, 0.2) is 0 Å². The molecule has 1 amide bonds. The molecule has 2 unspecified atom stereocenters. The van der Waals surface area contributed by atoms with Crippen molar-refractivity contribution in [2.45, 2.75) is 41.4 Å². The standard InChI is InChI=1S/C13H17N3O3S/c14-12(17)13(15)7-1-2-11(8-13)20-10-5-3-9(4-6-10)16(18)19/h3-6,11H,1-2,7-8,15H2,(H2,14,17). The van der Waals surface area contributed by atoms with Crippen LogP contribution in [-0.4, -0.2) is 21.6 Å². The molecule has 2 rings (SSSR count). The summed E-state index contributed by atoms with van der Waals surface area (Å²) < 4.78 is 0. The van der Waals surface area contributed by atoms with Crippen molar-refractivity contribution in [2.75, 3.05) is 0 Å². The second-order valence-corrected chi connectivity index (χ2v) is 6.48. The van der Waals surface area contributed by atoms with Gasteiger partial charge in [0.2, 0.25) is 5.91 Å². The smallest absolute Gasteiger partial charge is 0.269 e. The zero-order valence-electron chi connectivity index (χ0n) is 11.0. The first-order valence-electron chi connectivity index (χ1n) is 6.41. The number of nitrogens with zero attached hydrogens (tertiary/aromatic N) is 1. The van der Waals surface area contributed by atoms with Gasteiger partial charge in [0, 0.05) is 22.3 Å². The highest BCUT2D eigenvalue weighted by Gasteiger charge is 2.38. The molecule has 2 atom stereocenters. The molecule has 0 saturated heterocycles. The predicted molar refractivity (Wildman–Crippen MR) is 77.3 cm³/mol. The molecule has 0 heterocycles. The van der Waals surface area contributed by atoms with Gasteiger partial charge in [-0.15, -0.1) is 11.8 Å². The molecule has 4 N–H and O–H groups in total. The predicted octanol–water partition coefficient (Wildman–Crippen LogP) is 1.81. The maximum atomic E-state index is 11.4. The van der Waals surface area contributed by atoms with E-state index in [1.165, 1.54) is 12.1 Å². The van der Waals surface area contributed by atoms with Gasteiger partial charge in [-0.3, -0.25) is 14.9 Å². The highest BCUT2D eigenvalue weighted by Crippen LogP contribution is 2.37. The quantitative estimate of drug-likeness (QED) is 0.649. The van der Waals surface area contributed by atoms with Crippen molar-refractivity contribution in [3.8, 4) is 0 Å². The van der Waals surface area contributed by atoms with Crippen LogP contribution >= 0.6 is 11.8 Å². The Bertz CT molecular complexity index is 520. The highest BCUT2D eigenvalue weighted by molar-refractivity contribution is 8.00. The summed E-state index contributed by atoms with van der Waals surface area (Å²) in [7, 11) is 0. The number of hydrogen-bond donors (Lipinski definition) is 2. The molecule has 0 bridgehead atoms. The first-order valence-corrected chi connectivity index (χ1v) is 7.28. The summed E-state index contributed by atoms with van der Waals surface area (Å²) in [5, 5.41) is 10.8. The average Bonchev–Trinajstić information content (AvgIpc) is 2.39. The molecular formula is C13H17N3O3S. The Balaban J connectivity index is 2.02. The van der Waals surface area contributed by atoms with Gasteiger partial charge in [0.25, 0.3) is 5.69 Å². The number of thioether (sulfide) groups is 1. The zero-order chi connectivity index (χ0) is 14.8. The van der Waals surface area contributed by atoms with Crippen molar-refractivity contribution in [2.24, 2.45) is 11.5 Å². The van der Waals surface area contributed by atoms with Crippen molar-refractivity contribution in [3.63, 3.8) is 0 Å². The minimum Gasteiger partial charge on any atom is -0.368 e. The number of benzene rings is 1. The van der Waals surface area contributed by atoms with E-state index >= 15 is 0 Å². The van der Waals surface area contributed by atoms with Crippen LogP contribution in [-0.2, 0) is 4.79 Å². The van der Waals surface area contributed by atoms with Gasteiger partial charge in [-0.1, -0.05) is 0 Å². The van der Waals surface area contributed by atoms with E-state index in [9.17, 15) is 14.9 Å². The Morgan fingerprint density at radius 3 is 2.60 bits per heavy atom. The number of nitro groups is 1. The molecule has 0 aromatic heterocycles. The van der Waals surface area contributed by atoms with Gasteiger partial charge >= 0.3 is 0 Å². The summed E-state index contributed by atoms with van der Waals surface area (Å²) in [6, 6.07) is 6.41. The summed E-state index contributed by atoms with van der Waals surface area (Å²) in [4.78, 5) is 22.5. The molecular weight excluding hydrogens is 278 g/mol. The SMILES string of the molecule is NC(=O)C1(N)CCCC(Sc2ccc([N+](=O)[O-])cc2)C1. The Kier molecular flexibility index (Phi) is 4.29. The summed E-state index contributed by atoms with van der Waals surface area (Å²) in [5.41, 5.74) is 10.5. The van der Waals surface area contributed by atoms with E-state index in [0.29, 0.717) is 12.8 Å².